The van der Waals surface area contributed by atoms with E-state index in [4.69, 9.17) is 0 Å². The lowest BCUT2D eigenvalue weighted by atomic mass is 9.81. The molecule has 108 valence electrons. The monoisotopic (exact) mass is 285 g/mol. The number of aryl methyl sites for hydroxylation is 1. The van der Waals surface area contributed by atoms with Crippen molar-refractivity contribution in [1.82, 2.24) is 4.98 Å². The van der Waals surface area contributed by atoms with E-state index in [1.165, 1.54) is 33.4 Å². The Bertz CT molecular complexity index is 860. The van der Waals surface area contributed by atoms with E-state index in [1.807, 2.05) is 18.3 Å². The second kappa shape index (κ2) is 4.54. The van der Waals surface area contributed by atoms with Crippen molar-refractivity contribution in [2.24, 2.45) is 0 Å². The lowest BCUT2D eigenvalue weighted by Gasteiger charge is -2.22. The molecular weight excluding hydrogens is 266 g/mol. The highest BCUT2D eigenvalue weighted by atomic mass is 14.7. The Morgan fingerprint density at radius 3 is 2.27 bits per heavy atom. The lowest BCUT2D eigenvalue weighted by Crippen LogP contribution is -2.15. The summed E-state index contributed by atoms with van der Waals surface area (Å²) in [5.74, 6) is 0. The highest BCUT2D eigenvalue weighted by Crippen LogP contribution is 2.49. The summed E-state index contributed by atoms with van der Waals surface area (Å²) >= 11 is 0. The van der Waals surface area contributed by atoms with Gasteiger partial charge in [0.25, 0.3) is 0 Å². The number of benzene rings is 2. The highest BCUT2D eigenvalue weighted by Gasteiger charge is 2.35. The number of hydrogen-bond donors (Lipinski definition) is 0. The van der Waals surface area contributed by atoms with Crippen molar-refractivity contribution in [1.29, 1.82) is 0 Å². The summed E-state index contributed by atoms with van der Waals surface area (Å²) in [5.41, 5.74) is 9.16. The van der Waals surface area contributed by atoms with Gasteiger partial charge < -0.3 is 0 Å². The number of nitrogens with zero attached hydrogens (tertiary/aromatic N) is 1. The molecular formula is C21H19N. The molecule has 0 spiro atoms. The van der Waals surface area contributed by atoms with E-state index < -0.39 is 0 Å². The Hall–Kier alpha value is -2.41. The minimum absolute atomic E-state index is 0.0431. The fraction of sp³-hybridized carbons (Fsp3) is 0.190. The van der Waals surface area contributed by atoms with Crippen LogP contribution in [0.2, 0.25) is 0 Å². The van der Waals surface area contributed by atoms with Crippen LogP contribution in [0.25, 0.3) is 22.4 Å². The Labute approximate surface area is 131 Å². The van der Waals surface area contributed by atoms with Crippen molar-refractivity contribution in [2.45, 2.75) is 26.2 Å². The maximum atomic E-state index is 4.49. The Balaban J connectivity index is 1.93. The first-order chi connectivity index (χ1) is 10.6. The van der Waals surface area contributed by atoms with Crippen molar-refractivity contribution < 1.29 is 0 Å². The number of hydrogen-bond acceptors (Lipinski definition) is 1. The molecule has 0 aliphatic heterocycles. The second-order valence-corrected chi connectivity index (χ2v) is 6.65. The molecule has 1 heteroatoms. The molecule has 0 fully saturated rings. The van der Waals surface area contributed by atoms with Crippen LogP contribution in [0.15, 0.2) is 60.8 Å². The smallest absolute Gasteiger partial charge is 0.0702 e. The van der Waals surface area contributed by atoms with Gasteiger partial charge in [-0.05, 0) is 47.4 Å². The molecule has 0 amide bonds. The predicted molar refractivity (Wildman–Crippen MR) is 92.0 cm³/mol. The van der Waals surface area contributed by atoms with E-state index in [0.29, 0.717) is 0 Å². The number of rotatable bonds is 1. The summed E-state index contributed by atoms with van der Waals surface area (Å²) < 4.78 is 0. The molecule has 1 heterocycles. The number of fused-ring (bicyclic) bond motifs is 3. The van der Waals surface area contributed by atoms with Crippen LogP contribution in [0.5, 0.6) is 0 Å². The van der Waals surface area contributed by atoms with Gasteiger partial charge in [-0.15, -0.1) is 0 Å². The van der Waals surface area contributed by atoms with E-state index in [-0.39, 0.29) is 5.41 Å². The summed E-state index contributed by atoms with van der Waals surface area (Å²) in [5, 5.41) is 0. The first-order valence-electron chi connectivity index (χ1n) is 7.75. The van der Waals surface area contributed by atoms with Crippen LogP contribution >= 0.6 is 0 Å². The quantitative estimate of drug-likeness (QED) is 0.586. The van der Waals surface area contributed by atoms with Crippen molar-refractivity contribution >= 4 is 0 Å². The number of pyridine rings is 1. The number of aromatic nitrogens is 1. The van der Waals surface area contributed by atoms with Crippen LogP contribution in [-0.4, -0.2) is 4.98 Å². The van der Waals surface area contributed by atoms with Gasteiger partial charge in [0.15, 0.2) is 0 Å². The van der Waals surface area contributed by atoms with Gasteiger partial charge >= 0.3 is 0 Å². The molecule has 0 saturated heterocycles. The Morgan fingerprint density at radius 1 is 0.818 bits per heavy atom. The van der Waals surface area contributed by atoms with Crippen LogP contribution in [0.4, 0.5) is 0 Å². The molecule has 1 aliphatic carbocycles. The molecule has 0 atom stereocenters. The maximum Gasteiger partial charge on any atom is 0.0702 e. The van der Waals surface area contributed by atoms with E-state index in [0.717, 1.165) is 5.69 Å². The van der Waals surface area contributed by atoms with Gasteiger partial charge in [-0.25, -0.2) is 0 Å². The predicted octanol–water partition coefficient (Wildman–Crippen LogP) is 5.36. The molecule has 0 unspecified atom stereocenters. The average Bonchev–Trinajstić information content (AvgIpc) is 2.76. The summed E-state index contributed by atoms with van der Waals surface area (Å²) in [6.45, 7) is 6.80. The fourth-order valence-corrected chi connectivity index (χ4v) is 3.54. The molecule has 0 N–H and O–H groups in total. The minimum Gasteiger partial charge on any atom is -0.256 e. The molecule has 1 aromatic heterocycles. The van der Waals surface area contributed by atoms with E-state index >= 15 is 0 Å². The molecule has 22 heavy (non-hydrogen) atoms. The van der Waals surface area contributed by atoms with Crippen LogP contribution in [0, 0.1) is 6.92 Å². The van der Waals surface area contributed by atoms with Gasteiger partial charge in [-0.3, -0.25) is 4.98 Å². The normalized spacial score (nSPS) is 14.5. The molecule has 0 radical (unpaired) electrons. The van der Waals surface area contributed by atoms with Crippen molar-refractivity contribution in [3.8, 4) is 22.4 Å². The van der Waals surface area contributed by atoms with Crippen LogP contribution in [0.3, 0.4) is 0 Å². The van der Waals surface area contributed by atoms with Gasteiger partial charge in [0.2, 0.25) is 0 Å². The highest BCUT2D eigenvalue weighted by molar-refractivity contribution is 5.83. The van der Waals surface area contributed by atoms with Crippen LogP contribution in [-0.2, 0) is 5.41 Å². The fourth-order valence-electron chi connectivity index (χ4n) is 3.54. The van der Waals surface area contributed by atoms with E-state index in [1.54, 1.807) is 0 Å². The Morgan fingerprint density at radius 2 is 1.55 bits per heavy atom. The first-order valence-corrected chi connectivity index (χ1v) is 7.75. The van der Waals surface area contributed by atoms with Gasteiger partial charge in [0.05, 0.1) is 5.69 Å². The third-order valence-electron chi connectivity index (χ3n) is 4.79. The van der Waals surface area contributed by atoms with Crippen LogP contribution < -0.4 is 0 Å². The van der Waals surface area contributed by atoms with Crippen molar-refractivity contribution in [3.05, 3.63) is 77.5 Å². The summed E-state index contributed by atoms with van der Waals surface area (Å²) in [4.78, 5) is 4.49. The zero-order valence-corrected chi connectivity index (χ0v) is 13.2. The van der Waals surface area contributed by atoms with Gasteiger partial charge in [0.1, 0.15) is 0 Å². The summed E-state index contributed by atoms with van der Waals surface area (Å²) in [6, 6.07) is 19.6. The molecule has 0 saturated carbocycles. The molecule has 3 aromatic rings. The summed E-state index contributed by atoms with van der Waals surface area (Å²) in [6.07, 6.45) is 1.85. The van der Waals surface area contributed by atoms with E-state index in [9.17, 15) is 0 Å². The zero-order valence-electron chi connectivity index (χ0n) is 13.2. The van der Waals surface area contributed by atoms with E-state index in [2.05, 4.69) is 68.2 Å². The Kier molecular flexibility index (Phi) is 2.74. The van der Waals surface area contributed by atoms with Crippen molar-refractivity contribution in [3.63, 3.8) is 0 Å². The SMILES string of the molecule is Cc1ccc2c(c1)C(C)(C)c1cc(-c3ccccn3)ccc1-2. The standard InChI is InChI=1S/C21H19N/c1-14-7-9-16-17-10-8-15(20-6-4-5-11-22-20)13-19(17)21(2,3)18(16)12-14/h4-13H,1-3H3. The topological polar surface area (TPSA) is 12.9 Å². The van der Waals surface area contributed by atoms with Gasteiger partial charge in [-0.2, -0.15) is 0 Å². The van der Waals surface area contributed by atoms with Crippen LogP contribution in [0.1, 0.15) is 30.5 Å². The molecule has 4 rings (SSSR count). The summed E-state index contributed by atoms with van der Waals surface area (Å²) in [7, 11) is 0. The molecule has 1 nitrogen and oxygen atoms in total. The average molecular weight is 285 g/mol. The lowest BCUT2D eigenvalue weighted by molar-refractivity contribution is 0.660. The second-order valence-electron chi connectivity index (χ2n) is 6.65. The molecule has 0 bridgehead atoms. The maximum absolute atomic E-state index is 4.49. The van der Waals surface area contributed by atoms with Gasteiger partial charge in [0, 0.05) is 17.2 Å². The largest absolute Gasteiger partial charge is 0.256 e. The van der Waals surface area contributed by atoms with Gasteiger partial charge in [-0.1, -0.05) is 55.8 Å². The minimum atomic E-state index is 0.0431. The zero-order chi connectivity index (χ0) is 15.3. The van der Waals surface area contributed by atoms with Crippen molar-refractivity contribution in [2.75, 3.05) is 0 Å². The molecule has 1 aliphatic rings. The molecule has 2 aromatic carbocycles. The third-order valence-corrected chi connectivity index (χ3v) is 4.79. The third kappa shape index (κ3) is 1.82. The first kappa shape index (κ1) is 13.3.